The number of amides is 1. The van der Waals surface area contributed by atoms with Crippen LogP contribution in [0.3, 0.4) is 0 Å². The van der Waals surface area contributed by atoms with E-state index in [1.165, 1.54) is 0 Å². The van der Waals surface area contributed by atoms with Crippen LogP contribution in [0.25, 0.3) is 0 Å². The van der Waals surface area contributed by atoms with E-state index >= 15 is 0 Å². The van der Waals surface area contributed by atoms with Gasteiger partial charge in [0.2, 0.25) is 5.91 Å². The van der Waals surface area contributed by atoms with Gasteiger partial charge in [0.15, 0.2) is 0 Å². The predicted molar refractivity (Wildman–Crippen MR) is 86.8 cm³/mol. The van der Waals surface area contributed by atoms with Gasteiger partial charge in [-0.3, -0.25) is 4.79 Å². The number of carbonyl (C=O) groups excluding carboxylic acids is 1. The number of benzene rings is 1. The number of carbonyl (C=O) groups is 1. The molecule has 118 valence electrons. The molecule has 2 N–H and O–H groups in total. The molecule has 0 fully saturated rings. The van der Waals surface area contributed by atoms with Crippen LogP contribution in [0.2, 0.25) is 0 Å². The summed E-state index contributed by atoms with van der Waals surface area (Å²) < 4.78 is 5.15. The Bertz CT molecular complexity index is 630. The van der Waals surface area contributed by atoms with Crippen molar-refractivity contribution in [3.8, 4) is 0 Å². The zero-order valence-electron chi connectivity index (χ0n) is 13.6. The molecular weight excluding hydrogens is 278 g/mol. The fraction of sp³-hybridized carbons (Fsp3) is 0.412. The molecule has 0 aliphatic heterocycles. The van der Waals surface area contributed by atoms with E-state index < -0.39 is 0 Å². The molecule has 1 aromatic heterocycles. The molecule has 1 heterocycles. The Balaban J connectivity index is 2.15. The summed E-state index contributed by atoms with van der Waals surface area (Å²) in [4.78, 5) is 12.5. The van der Waals surface area contributed by atoms with Crippen LogP contribution in [0.5, 0.6) is 0 Å². The van der Waals surface area contributed by atoms with Crippen LogP contribution >= 0.6 is 0 Å². The summed E-state index contributed by atoms with van der Waals surface area (Å²) >= 11 is 0. The van der Waals surface area contributed by atoms with Gasteiger partial charge >= 0.3 is 0 Å². The van der Waals surface area contributed by atoms with Gasteiger partial charge < -0.3 is 15.2 Å². The number of aromatic nitrogens is 1. The maximum atomic E-state index is 12.5. The van der Waals surface area contributed by atoms with E-state index in [0.717, 1.165) is 35.6 Å². The second-order valence-corrected chi connectivity index (χ2v) is 5.39. The van der Waals surface area contributed by atoms with Crippen molar-refractivity contribution in [3.63, 3.8) is 0 Å². The summed E-state index contributed by atoms with van der Waals surface area (Å²) in [5.41, 5.74) is 3.54. The number of nitrogens with one attached hydrogen (secondary N) is 2. The molecule has 0 saturated carbocycles. The first-order valence-electron chi connectivity index (χ1n) is 7.56. The third-order valence-corrected chi connectivity index (χ3v) is 3.76. The summed E-state index contributed by atoms with van der Waals surface area (Å²) in [5.74, 6) is 0.331. The first-order valence-corrected chi connectivity index (χ1v) is 7.56. The molecule has 5 heteroatoms. The van der Waals surface area contributed by atoms with E-state index in [0.29, 0.717) is 5.76 Å². The van der Waals surface area contributed by atoms with Gasteiger partial charge in [-0.2, -0.15) is 0 Å². The monoisotopic (exact) mass is 301 g/mol. The van der Waals surface area contributed by atoms with Crippen LogP contribution < -0.4 is 10.6 Å². The largest absolute Gasteiger partial charge is 0.361 e. The lowest BCUT2D eigenvalue weighted by molar-refractivity contribution is -0.117. The highest BCUT2D eigenvalue weighted by Crippen LogP contribution is 2.25. The highest BCUT2D eigenvalue weighted by molar-refractivity contribution is 5.96. The Kier molecular flexibility index (Phi) is 5.33. The van der Waals surface area contributed by atoms with Crippen LogP contribution in [0.4, 0.5) is 5.69 Å². The van der Waals surface area contributed by atoms with Gasteiger partial charge in [0.1, 0.15) is 5.76 Å². The zero-order valence-corrected chi connectivity index (χ0v) is 13.6. The van der Waals surface area contributed by atoms with Gasteiger partial charge in [-0.25, -0.2) is 0 Å². The van der Waals surface area contributed by atoms with Crippen LogP contribution in [-0.2, 0) is 11.3 Å². The van der Waals surface area contributed by atoms with E-state index in [2.05, 4.69) is 22.7 Å². The number of hydrogen-bond donors (Lipinski definition) is 2. The van der Waals surface area contributed by atoms with Gasteiger partial charge in [-0.15, -0.1) is 0 Å². The molecule has 5 nitrogen and oxygen atoms in total. The average molecular weight is 301 g/mol. The van der Waals surface area contributed by atoms with Gasteiger partial charge in [0.25, 0.3) is 0 Å². The Morgan fingerprint density at radius 2 is 2.05 bits per heavy atom. The average Bonchev–Trinajstić information content (AvgIpc) is 2.84. The van der Waals surface area contributed by atoms with Crippen molar-refractivity contribution in [1.29, 1.82) is 0 Å². The minimum Gasteiger partial charge on any atom is -0.361 e. The van der Waals surface area contributed by atoms with Crippen LogP contribution in [0.15, 0.2) is 28.8 Å². The molecule has 0 radical (unpaired) electrons. The smallest absolute Gasteiger partial charge is 0.231 e. The van der Waals surface area contributed by atoms with Crippen molar-refractivity contribution in [2.75, 3.05) is 11.9 Å². The highest BCUT2D eigenvalue weighted by Gasteiger charge is 2.23. The fourth-order valence-electron chi connectivity index (χ4n) is 2.54. The number of nitrogens with zero attached hydrogens (tertiary/aromatic N) is 1. The van der Waals surface area contributed by atoms with E-state index in [9.17, 15) is 4.79 Å². The lowest BCUT2D eigenvalue weighted by Gasteiger charge is -2.15. The van der Waals surface area contributed by atoms with Gasteiger partial charge in [0.05, 0.1) is 11.6 Å². The van der Waals surface area contributed by atoms with Gasteiger partial charge in [-0.1, -0.05) is 30.3 Å². The maximum absolute atomic E-state index is 12.5. The molecule has 0 spiro atoms. The SMILES string of the molecule is CCNCc1ccccc1NC(=O)[C@@H](C)c1c(C)noc1C. The second-order valence-electron chi connectivity index (χ2n) is 5.39. The molecule has 1 atom stereocenters. The maximum Gasteiger partial charge on any atom is 0.231 e. The quantitative estimate of drug-likeness (QED) is 0.860. The van der Waals surface area contributed by atoms with Crippen molar-refractivity contribution >= 4 is 11.6 Å². The van der Waals surface area contributed by atoms with Crippen molar-refractivity contribution in [1.82, 2.24) is 10.5 Å². The van der Waals surface area contributed by atoms with Crippen LogP contribution in [0, 0.1) is 13.8 Å². The first kappa shape index (κ1) is 16.2. The third-order valence-electron chi connectivity index (χ3n) is 3.76. The van der Waals surface area contributed by atoms with Crippen molar-refractivity contribution in [2.45, 2.75) is 40.2 Å². The molecule has 0 bridgehead atoms. The Morgan fingerprint density at radius 3 is 2.68 bits per heavy atom. The standard InChI is InChI=1S/C17H23N3O2/c1-5-18-10-14-8-6-7-9-15(14)19-17(21)11(2)16-12(3)20-22-13(16)4/h6-9,11,18H,5,10H2,1-4H3,(H,19,21)/t11-/m0/s1. The molecule has 0 saturated heterocycles. The van der Waals surface area contributed by atoms with E-state index in [1.807, 2.05) is 45.0 Å². The molecule has 22 heavy (non-hydrogen) atoms. The lowest BCUT2D eigenvalue weighted by Crippen LogP contribution is -2.21. The number of hydrogen-bond acceptors (Lipinski definition) is 4. The Morgan fingerprint density at radius 1 is 1.32 bits per heavy atom. The number of para-hydroxylation sites is 1. The normalized spacial score (nSPS) is 12.2. The molecular formula is C17H23N3O2. The highest BCUT2D eigenvalue weighted by atomic mass is 16.5. The predicted octanol–water partition coefficient (Wildman–Crippen LogP) is 3.14. The van der Waals surface area contributed by atoms with Crippen LogP contribution in [0.1, 0.15) is 42.3 Å². The molecule has 0 aliphatic carbocycles. The molecule has 2 rings (SSSR count). The van der Waals surface area contributed by atoms with Crippen LogP contribution in [-0.4, -0.2) is 17.6 Å². The Hall–Kier alpha value is -2.14. The van der Waals surface area contributed by atoms with E-state index in [1.54, 1.807) is 0 Å². The zero-order chi connectivity index (χ0) is 16.1. The molecule has 0 unspecified atom stereocenters. The summed E-state index contributed by atoms with van der Waals surface area (Å²) in [6, 6.07) is 7.83. The molecule has 1 aromatic carbocycles. The molecule has 2 aromatic rings. The van der Waals surface area contributed by atoms with E-state index in [4.69, 9.17) is 4.52 Å². The van der Waals surface area contributed by atoms with Crippen molar-refractivity contribution < 1.29 is 9.32 Å². The number of aryl methyl sites for hydroxylation is 2. The fourth-order valence-corrected chi connectivity index (χ4v) is 2.54. The summed E-state index contributed by atoms with van der Waals surface area (Å²) in [6.07, 6.45) is 0. The van der Waals surface area contributed by atoms with Gasteiger partial charge in [-0.05, 0) is 38.9 Å². The molecule has 1 amide bonds. The van der Waals surface area contributed by atoms with Crippen molar-refractivity contribution in [2.24, 2.45) is 0 Å². The third kappa shape index (κ3) is 3.54. The minimum absolute atomic E-state index is 0.0571. The number of anilines is 1. The first-order chi connectivity index (χ1) is 10.5. The Labute approximate surface area is 131 Å². The molecule has 0 aliphatic rings. The second kappa shape index (κ2) is 7.22. The lowest BCUT2D eigenvalue weighted by atomic mass is 9.98. The summed E-state index contributed by atoms with van der Waals surface area (Å²) in [7, 11) is 0. The summed E-state index contributed by atoms with van der Waals surface area (Å²) in [6.45, 7) is 9.23. The number of rotatable bonds is 6. The topological polar surface area (TPSA) is 67.2 Å². The summed E-state index contributed by atoms with van der Waals surface area (Å²) in [5, 5.41) is 10.2. The minimum atomic E-state index is -0.307. The van der Waals surface area contributed by atoms with Gasteiger partial charge in [0, 0.05) is 17.8 Å². The van der Waals surface area contributed by atoms with Crippen molar-refractivity contribution in [3.05, 3.63) is 46.8 Å². The van der Waals surface area contributed by atoms with E-state index in [-0.39, 0.29) is 11.8 Å².